The van der Waals surface area contributed by atoms with Crippen molar-refractivity contribution in [2.45, 2.75) is 6.42 Å². The van der Waals surface area contributed by atoms with Crippen LogP contribution >= 0.6 is 11.3 Å². The monoisotopic (exact) mass is 220 g/mol. The lowest BCUT2D eigenvalue weighted by Gasteiger charge is -1.93. The molecule has 0 radical (unpaired) electrons. The van der Waals surface area contributed by atoms with Gasteiger partial charge in [0, 0.05) is 23.3 Å². The van der Waals surface area contributed by atoms with Crippen LogP contribution in [0.4, 0.5) is 0 Å². The second kappa shape index (κ2) is 4.18. The second-order valence-corrected chi connectivity index (χ2v) is 3.88. The van der Waals surface area contributed by atoms with Gasteiger partial charge in [0.15, 0.2) is 0 Å². The Balaban J connectivity index is 2.24. The summed E-state index contributed by atoms with van der Waals surface area (Å²) in [5, 5.41) is 11.1. The predicted octanol–water partition coefficient (Wildman–Crippen LogP) is 1.83. The molecular formula is C10H8N2O2S. The summed E-state index contributed by atoms with van der Waals surface area (Å²) in [4.78, 5) is 18.7. The van der Waals surface area contributed by atoms with Crippen molar-refractivity contribution in [3.05, 3.63) is 34.9 Å². The van der Waals surface area contributed by atoms with E-state index in [-0.39, 0.29) is 6.42 Å². The highest BCUT2D eigenvalue weighted by Gasteiger charge is 2.07. The summed E-state index contributed by atoms with van der Waals surface area (Å²) in [5.41, 5.74) is 1.69. The van der Waals surface area contributed by atoms with E-state index in [1.54, 1.807) is 12.4 Å². The summed E-state index contributed by atoms with van der Waals surface area (Å²) in [7, 11) is 0. The summed E-state index contributed by atoms with van der Waals surface area (Å²) < 4.78 is 0. The summed E-state index contributed by atoms with van der Waals surface area (Å²) in [6.07, 6.45) is 3.37. The highest BCUT2D eigenvalue weighted by molar-refractivity contribution is 7.10. The number of nitrogens with zero attached hydrogens (tertiary/aromatic N) is 2. The molecule has 0 aliphatic carbocycles. The Bertz CT molecular complexity index is 467. The molecule has 0 saturated heterocycles. The van der Waals surface area contributed by atoms with E-state index in [1.807, 2.05) is 17.5 Å². The van der Waals surface area contributed by atoms with Crippen LogP contribution in [-0.2, 0) is 11.2 Å². The molecule has 1 N–H and O–H groups in total. The number of hydrogen-bond acceptors (Lipinski definition) is 4. The molecule has 0 spiro atoms. The van der Waals surface area contributed by atoms with Crippen LogP contribution in [-0.4, -0.2) is 21.0 Å². The van der Waals surface area contributed by atoms with Crippen LogP contribution in [0.25, 0.3) is 11.3 Å². The number of thiazole rings is 1. The average Bonchev–Trinajstić information content (AvgIpc) is 2.67. The maximum absolute atomic E-state index is 10.5. The Morgan fingerprint density at radius 1 is 1.53 bits per heavy atom. The van der Waals surface area contributed by atoms with Crippen molar-refractivity contribution in [1.29, 1.82) is 0 Å². The van der Waals surface area contributed by atoms with Crippen molar-refractivity contribution in [3.63, 3.8) is 0 Å². The standard InChI is InChI=1S/C10H8N2O2S/c13-10(14)4-9-12-8(6-15-9)7-2-1-3-11-5-7/h1-3,5-6H,4H2,(H,13,14). The number of rotatable bonds is 3. The van der Waals surface area contributed by atoms with Gasteiger partial charge in [-0.1, -0.05) is 0 Å². The minimum atomic E-state index is -0.859. The van der Waals surface area contributed by atoms with Crippen LogP contribution in [0, 0.1) is 0 Å². The number of aliphatic carboxylic acids is 1. The Hall–Kier alpha value is -1.75. The molecule has 5 heteroatoms. The lowest BCUT2D eigenvalue weighted by atomic mass is 10.2. The van der Waals surface area contributed by atoms with Gasteiger partial charge in [-0.2, -0.15) is 0 Å². The number of carbonyl (C=O) groups is 1. The Morgan fingerprint density at radius 3 is 3.07 bits per heavy atom. The van der Waals surface area contributed by atoms with E-state index in [4.69, 9.17) is 5.11 Å². The minimum absolute atomic E-state index is 0.0229. The number of carboxylic acid groups (broad SMARTS) is 1. The molecule has 0 fully saturated rings. The molecule has 0 aromatic carbocycles. The smallest absolute Gasteiger partial charge is 0.310 e. The molecule has 2 aromatic rings. The van der Waals surface area contributed by atoms with Crippen LogP contribution in [0.15, 0.2) is 29.9 Å². The average molecular weight is 220 g/mol. The van der Waals surface area contributed by atoms with E-state index in [0.29, 0.717) is 5.01 Å². The maximum Gasteiger partial charge on any atom is 0.310 e. The zero-order valence-corrected chi connectivity index (χ0v) is 8.57. The van der Waals surface area contributed by atoms with Gasteiger partial charge in [-0.25, -0.2) is 4.98 Å². The van der Waals surface area contributed by atoms with Gasteiger partial charge in [-0.3, -0.25) is 9.78 Å². The van der Waals surface area contributed by atoms with E-state index >= 15 is 0 Å². The van der Waals surface area contributed by atoms with Crippen LogP contribution in [0.2, 0.25) is 0 Å². The highest BCUT2D eigenvalue weighted by atomic mass is 32.1. The van der Waals surface area contributed by atoms with Gasteiger partial charge in [0.25, 0.3) is 0 Å². The summed E-state index contributed by atoms with van der Waals surface area (Å²) in [6, 6.07) is 3.72. The van der Waals surface area contributed by atoms with E-state index in [0.717, 1.165) is 11.3 Å². The molecule has 76 valence electrons. The third kappa shape index (κ3) is 2.38. The van der Waals surface area contributed by atoms with Gasteiger partial charge in [0.1, 0.15) is 5.01 Å². The Morgan fingerprint density at radius 2 is 2.40 bits per heavy atom. The van der Waals surface area contributed by atoms with Gasteiger partial charge in [0.2, 0.25) is 0 Å². The normalized spacial score (nSPS) is 10.1. The molecule has 0 atom stereocenters. The largest absolute Gasteiger partial charge is 0.481 e. The SMILES string of the molecule is O=C(O)Cc1nc(-c2cccnc2)cs1. The highest BCUT2D eigenvalue weighted by Crippen LogP contribution is 2.20. The van der Waals surface area contributed by atoms with Crippen molar-refractivity contribution < 1.29 is 9.90 Å². The number of pyridine rings is 1. The van der Waals surface area contributed by atoms with Gasteiger partial charge in [0.05, 0.1) is 12.1 Å². The fourth-order valence-electron chi connectivity index (χ4n) is 1.17. The molecule has 0 amide bonds. The molecule has 0 bridgehead atoms. The Kier molecular flexibility index (Phi) is 2.73. The molecular weight excluding hydrogens is 212 g/mol. The minimum Gasteiger partial charge on any atom is -0.481 e. The predicted molar refractivity (Wildman–Crippen MR) is 56.7 cm³/mol. The van der Waals surface area contributed by atoms with Crippen LogP contribution in [0.1, 0.15) is 5.01 Å². The third-order valence-electron chi connectivity index (χ3n) is 1.81. The van der Waals surface area contributed by atoms with Crippen LogP contribution in [0.3, 0.4) is 0 Å². The fourth-order valence-corrected chi connectivity index (χ4v) is 1.96. The first kappa shape index (κ1) is 9.79. The first-order chi connectivity index (χ1) is 7.25. The molecule has 0 unspecified atom stereocenters. The number of aromatic nitrogens is 2. The maximum atomic E-state index is 10.5. The fraction of sp³-hybridized carbons (Fsp3) is 0.100. The quantitative estimate of drug-likeness (QED) is 0.857. The molecule has 15 heavy (non-hydrogen) atoms. The van der Waals surface area contributed by atoms with Crippen molar-refractivity contribution in [3.8, 4) is 11.3 Å². The molecule has 2 aromatic heterocycles. The van der Waals surface area contributed by atoms with Gasteiger partial charge < -0.3 is 5.11 Å². The summed E-state index contributed by atoms with van der Waals surface area (Å²) in [5.74, 6) is -0.859. The lowest BCUT2D eigenvalue weighted by molar-refractivity contribution is -0.136. The lowest BCUT2D eigenvalue weighted by Crippen LogP contribution is -1.99. The van der Waals surface area contributed by atoms with Gasteiger partial charge in [-0.15, -0.1) is 11.3 Å². The van der Waals surface area contributed by atoms with Crippen molar-refractivity contribution >= 4 is 17.3 Å². The second-order valence-electron chi connectivity index (χ2n) is 2.94. The topological polar surface area (TPSA) is 63.1 Å². The molecule has 2 heterocycles. The van der Waals surface area contributed by atoms with Crippen LogP contribution in [0.5, 0.6) is 0 Å². The van der Waals surface area contributed by atoms with E-state index in [2.05, 4.69) is 9.97 Å². The number of carboxylic acids is 1. The van der Waals surface area contributed by atoms with E-state index in [9.17, 15) is 4.79 Å². The van der Waals surface area contributed by atoms with Crippen molar-refractivity contribution in [2.75, 3.05) is 0 Å². The molecule has 0 aliphatic heterocycles. The molecule has 2 rings (SSSR count). The van der Waals surface area contributed by atoms with Gasteiger partial charge in [-0.05, 0) is 12.1 Å². The first-order valence-corrected chi connectivity index (χ1v) is 5.20. The van der Waals surface area contributed by atoms with E-state index in [1.165, 1.54) is 11.3 Å². The summed E-state index contributed by atoms with van der Waals surface area (Å²) >= 11 is 1.35. The van der Waals surface area contributed by atoms with Gasteiger partial charge >= 0.3 is 5.97 Å². The number of hydrogen-bond donors (Lipinski definition) is 1. The van der Waals surface area contributed by atoms with Crippen molar-refractivity contribution in [1.82, 2.24) is 9.97 Å². The van der Waals surface area contributed by atoms with Crippen molar-refractivity contribution in [2.24, 2.45) is 0 Å². The third-order valence-corrected chi connectivity index (χ3v) is 2.66. The molecule has 0 saturated carbocycles. The molecule has 0 aliphatic rings. The summed E-state index contributed by atoms with van der Waals surface area (Å²) in [6.45, 7) is 0. The zero-order valence-electron chi connectivity index (χ0n) is 7.75. The van der Waals surface area contributed by atoms with Crippen LogP contribution < -0.4 is 0 Å². The first-order valence-electron chi connectivity index (χ1n) is 4.32. The zero-order chi connectivity index (χ0) is 10.7. The Labute approximate surface area is 90.3 Å². The van der Waals surface area contributed by atoms with E-state index < -0.39 is 5.97 Å². The molecule has 4 nitrogen and oxygen atoms in total.